The number of amides is 2. The van der Waals surface area contributed by atoms with Crippen LogP contribution >= 0.6 is 34.8 Å². The number of pyridine rings is 1. The predicted molar refractivity (Wildman–Crippen MR) is 126 cm³/mol. The Bertz CT molecular complexity index is 1270. The largest absolute Gasteiger partial charge is 0.471 e. The molecule has 3 heterocycles. The van der Waals surface area contributed by atoms with E-state index in [4.69, 9.17) is 39.5 Å². The molecule has 0 atom stereocenters. The quantitative estimate of drug-likeness (QED) is 0.507. The third-order valence-electron chi connectivity index (χ3n) is 4.66. The van der Waals surface area contributed by atoms with Gasteiger partial charge in [0.2, 0.25) is 5.88 Å². The van der Waals surface area contributed by atoms with Gasteiger partial charge in [0.15, 0.2) is 5.82 Å². The van der Waals surface area contributed by atoms with Gasteiger partial charge in [0.25, 0.3) is 11.8 Å². The normalized spacial score (nSPS) is 17.2. The molecule has 2 N–H and O–H groups in total. The molecule has 9 nitrogen and oxygen atoms in total. The van der Waals surface area contributed by atoms with E-state index in [-0.39, 0.29) is 49.8 Å². The van der Waals surface area contributed by atoms with Crippen LogP contribution in [0.15, 0.2) is 36.5 Å². The van der Waals surface area contributed by atoms with E-state index in [1.165, 1.54) is 36.1 Å². The van der Waals surface area contributed by atoms with Crippen molar-refractivity contribution in [1.82, 2.24) is 20.1 Å². The molecule has 2 aromatic heterocycles. The lowest BCUT2D eigenvalue weighted by Gasteiger charge is -2.24. The molecule has 0 radical (unpaired) electrons. The number of benzene rings is 1. The van der Waals surface area contributed by atoms with Crippen LogP contribution in [0.3, 0.4) is 0 Å². The number of rotatable bonds is 6. The first-order chi connectivity index (χ1) is 15.8. The molecule has 0 bridgehead atoms. The van der Waals surface area contributed by atoms with Gasteiger partial charge in [-0.1, -0.05) is 34.8 Å². The molecular weight excluding hydrogens is 513 g/mol. The number of carbonyl (C=O) groups is 2. The molecule has 1 aliphatic heterocycles. The van der Waals surface area contributed by atoms with Crippen LogP contribution in [0, 0.1) is 0 Å². The number of hydrogen-bond acceptors (Lipinski definition) is 6. The number of nitrogens with one attached hydrogen (secondary N) is 2. The van der Waals surface area contributed by atoms with Gasteiger partial charge in [-0.05, 0) is 24.3 Å². The lowest BCUT2D eigenvalue weighted by Crippen LogP contribution is -2.41. The summed E-state index contributed by atoms with van der Waals surface area (Å²) in [5, 5.41) is 9.99. The highest BCUT2D eigenvalue weighted by Crippen LogP contribution is 2.31. The fraction of sp³-hybridized carbons (Fsp3) is 0.200. The van der Waals surface area contributed by atoms with E-state index in [0.717, 1.165) is 0 Å². The minimum absolute atomic E-state index is 0.0277. The number of anilines is 1. The molecule has 2 amide bonds. The predicted octanol–water partition coefficient (Wildman–Crippen LogP) is 3.35. The van der Waals surface area contributed by atoms with Gasteiger partial charge in [-0.3, -0.25) is 13.8 Å². The number of halogens is 3. The van der Waals surface area contributed by atoms with Crippen molar-refractivity contribution in [3.05, 3.63) is 62.9 Å². The van der Waals surface area contributed by atoms with Gasteiger partial charge < -0.3 is 15.4 Å². The summed E-state index contributed by atoms with van der Waals surface area (Å²) in [6.07, 6.45) is 1.23. The first-order valence-electron chi connectivity index (χ1n) is 9.52. The number of aromatic nitrogens is 3. The second-order valence-electron chi connectivity index (χ2n) is 6.94. The van der Waals surface area contributed by atoms with Gasteiger partial charge in [-0.15, -0.1) is 5.10 Å². The van der Waals surface area contributed by atoms with Gasteiger partial charge in [0, 0.05) is 35.1 Å². The number of carbonyl (C=O) groups excluding carboxylic acids is 2. The van der Waals surface area contributed by atoms with E-state index in [0.29, 0.717) is 11.5 Å². The molecular formula is C20H16Cl3N5O4S. The minimum Gasteiger partial charge on any atom is -0.471 e. The van der Waals surface area contributed by atoms with Gasteiger partial charge >= 0.3 is 0 Å². The third kappa shape index (κ3) is 4.98. The second kappa shape index (κ2) is 9.68. The first-order valence-corrected chi connectivity index (χ1v) is 12.1. The van der Waals surface area contributed by atoms with Gasteiger partial charge in [-0.25, -0.2) is 9.67 Å². The molecule has 1 saturated heterocycles. The van der Waals surface area contributed by atoms with E-state index >= 15 is 0 Å². The SMILES string of the molecule is CNC(=O)c1cc(Cl)cc(Cl)c1NC(=O)c1cc(OC2CS(=O)C2)nn1-c1ncccc1Cl. The summed E-state index contributed by atoms with van der Waals surface area (Å²) in [6.45, 7) is 0. The van der Waals surface area contributed by atoms with Crippen LogP contribution in [0.4, 0.5) is 5.69 Å². The van der Waals surface area contributed by atoms with Crippen molar-refractivity contribution < 1.29 is 18.5 Å². The third-order valence-corrected chi connectivity index (χ3v) is 6.95. The van der Waals surface area contributed by atoms with Crippen molar-refractivity contribution in [2.75, 3.05) is 23.9 Å². The number of nitrogens with zero attached hydrogens (tertiary/aromatic N) is 3. The molecule has 1 fully saturated rings. The molecule has 3 aromatic rings. The monoisotopic (exact) mass is 527 g/mol. The highest BCUT2D eigenvalue weighted by molar-refractivity contribution is 7.86. The first kappa shape index (κ1) is 23.5. The Morgan fingerprint density at radius 3 is 2.58 bits per heavy atom. The van der Waals surface area contributed by atoms with Crippen molar-refractivity contribution in [3.63, 3.8) is 0 Å². The van der Waals surface area contributed by atoms with Crippen molar-refractivity contribution in [3.8, 4) is 11.7 Å². The maximum absolute atomic E-state index is 13.3. The molecule has 172 valence electrons. The lowest BCUT2D eigenvalue weighted by molar-refractivity contribution is 0.0964. The molecule has 0 spiro atoms. The van der Waals surface area contributed by atoms with E-state index in [9.17, 15) is 13.8 Å². The number of hydrogen-bond donors (Lipinski definition) is 2. The average molecular weight is 529 g/mol. The van der Waals surface area contributed by atoms with Gasteiger partial charge in [0.05, 0.1) is 32.8 Å². The zero-order valence-corrected chi connectivity index (χ0v) is 20.1. The fourth-order valence-electron chi connectivity index (χ4n) is 3.07. The smallest absolute Gasteiger partial charge is 0.274 e. The van der Waals surface area contributed by atoms with Crippen molar-refractivity contribution in [2.24, 2.45) is 0 Å². The summed E-state index contributed by atoms with van der Waals surface area (Å²) >= 11 is 18.6. The summed E-state index contributed by atoms with van der Waals surface area (Å²) < 4.78 is 18.3. The Balaban J connectivity index is 1.73. The topological polar surface area (TPSA) is 115 Å². The zero-order chi connectivity index (χ0) is 23.7. The maximum Gasteiger partial charge on any atom is 0.274 e. The maximum atomic E-state index is 13.3. The molecule has 0 aliphatic carbocycles. The Morgan fingerprint density at radius 1 is 1.15 bits per heavy atom. The molecule has 33 heavy (non-hydrogen) atoms. The number of ether oxygens (including phenoxy) is 1. The molecule has 13 heteroatoms. The van der Waals surface area contributed by atoms with E-state index in [2.05, 4.69) is 20.7 Å². The van der Waals surface area contributed by atoms with Gasteiger partial charge in [-0.2, -0.15) is 0 Å². The summed E-state index contributed by atoms with van der Waals surface area (Å²) in [5.41, 5.74) is 0.181. The Morgan fingerprint density at radius 2 is 1.91 bits per heavy atom. The Labute approximate surface area is 205 Å². The average Bonchev–Trinajstić information content (AvgIpc) is 3.17. The molecule has 1 aromatic carbocycles. The van der Waals surface area contributed by atoms with Crippen LogP contribution in [0.25, 0.3) is 5.82 Å². The summed E-state index contributed by atoms with van der Waals surface area (Å²) in [5.74, 6) is -0.0329. The molecule has 0 unspecified atom stereocenters. The van der Waals surface area contributed by atoms with E-state index < -0.39 is 22.6 Å². The molecule has 4 rings (SSSR count). The van der Waals surface area contributed by atoms with Crippen LogP contribution < -0.4 is 15.4 Å². The summed E-state index contributed by atoms with van der Waals surface area (Å²) in [6, 6.07) is 7.44. The van der Waals surface area contributed by atoms with Crippen molar-refractivity contribution in [2.45, 2.75) is 6.10 Å². The van der Waals surface area contributed by atoms with Crippen LogP contribution in [-0.4, -0.2) is 55.4 Å². The molecule has 0 saturated carbocycles. The van der Waals surface area contributed by atoms with Gasteiger partial charge in [0.1, 0.15) is 11.8 Å². The second-order valence-corrected chi connectivity index (χ2v) is 9.74. The summed E-state index contributed by atoms with van der Waals surface area (Å²) in [4.78, 5) is 29.8. The lowest BCUT2D eigenvalue weighted by atomic mass is 10.1. The van der Waals surface area contributed by atoms with Crippen molar-refractivity contribution in [1.29, 1.82) is 0 Å². The Kier molecular flexibility index (Phi) is 6.89. The van der Waals surface area contributed by atoms with Crippen LogP contribution in [-0.2, 0) is 10.8 Å². The van der Waals surface area contributed by atoms with Crippen LogP contribution in [0.2, 0.25) is 15.1 Å². The van der Waals surface area contributed by atoms with E-state index in [1.807, 2.05) is 0 Å². The Hall–Kier alpha value is -2.66. The summed E-state index contributed by atoms with van der Waals surface area (Å²) in [7, 11) is 0.525. The minimum atomic E-state index is -0.918. The van der Waals surface area contributed by atoms with E-state index in [1.54, 1.807) is 12.1 Å². The zero-order valence-electron chi connectivity index (χ0n) is 17.0. The van der Waals surface area contributed by atoms with Crippen molar-refractivity contribution >= 4 is 63.1 Å². The van der Waals surface area contributed by atoms with Crippen LogP contribution in [0.1, 0.15) is 20.8 Å². The van der Waals surface area contributed by atoms with Crippen LogP contribution in [0.5, 0.6) is 5.88 Å². The highest BCUT2D eigenvalue weighted by atomic mass is 35.5. The standard InChI is InChI=1S/C20H16Cl3N5O4S/c1-24-19(29)12-5-10(21)6-14(23)17(12)26-20(30)15-7-16(32-11-8-33(31)9-11)27-28(15)18-13(22)3-2-4-25-18/h2-7,11H,8-9H2,1H3,(H,24,29)(H,26,30). The fourth-order valence-corrected chi connectivity index (χ4v) is 4.68. The molecule has 1 aliphatic rings. The highest BCUT2D eigenvalue weighted by Gasteiger charge is 2.30.